The van der Waals surface area contributed by atoms with Gasteiger partial charge in [0, 0.05) is 5.54 Å². The zero-order chi connectivity index (χ0) is 8.18. The van der Waals surface area contributed by atoms with E-state index < -0.39 is 0 Å². The first kappa shape index (κ1) is 6.67. The Morgan fingerprint density at radius 2 is 2.17 bits per heavy atom. The van der Waals surface area contributed by atoms with Crippen LogP contribution in [0.3, 0.4) is 0 Å². The number of rotatable bonds is 0. The minimum Gasteiger partial charge on any atom is -0.321 e. The highest BCUT2D eigenvalue weighted by Crippen LogP contribution is 2.53. The molecule has 1 aromatic rings. The lowest BCUT2D eigenvalue weighted by molar-refractivity contribution is 0.475. The maximum absolute atomic E-state index is 6.31. The normalized spacial score (nSPS) is 36.9. The summed E-state index contributed by atoms with van der Waals surface area (Å²) >= 11 is 0. The molecule has 1 fully saturated rings. The van der Waals surface area contributed by atoms with Crippen LogP contribution in [0.2, 0.25) is 0 Å². The van der Waals surface area contributed by atoms with E-state index in [9.17, 15) is 0 Å². The number of nitrogens with two attached hydrogens (primary N) is 1. The molecule has 0 spiro atoms. The Hall–Kier alpha value is -0.820. The maximum Gasteiger partial charge on any atom is 0.0418 e. The van der Waals surface area contributed by atoms with Crippen LogP contribution in [0.25, 0.3) is 0 Å². The van der Waals surface area contributed by atoms with Crippen LogP contribution >= 0.6 is 0 Å². The second kappa shape index (κ2) is 1.91. The summed E-state index contributed by atoms with van der Waals surface area (Å²) in [7, 11) is 0. The van der Waals surface area contributed by atoms with Crippen molar-refractivity contribution in [3.8, 4) is 0 Å². The fourth-order valence-electron chi connectivity index (χ4n) is 2.89. The number of benzene rings is 1. The number of hydrogen-bond acceptors (Lipinski definition) is 1. The molecule has 2 aliphatic carbocycles. The average Bonchev–Trinajstić information content (AvgIpc) is 2.60. The Kier molecular flexibility index (Phi) is 1.06. The molecular weight excluding hydrogens is 146 g/mol. The Bertz CT molecular complexity index is 332. The van der Waals surface area contributed by atoms with Crippen LogP contribution in [0.4, 0.5) is 0 Å². The standard InChI is InChI=1S/C11H13N/c12-11-6-5-8(7-11)9-3-1-2-4-10(9)11/h1-4,8H,5-7,12H2/t8-,11-/m1/s1. The summed E-state index contributed by atoms with van der Waals surface area (Å²) in [4.78, 5) is 0. The molecule has 2 bridgehead atoms. The highest BCUT2D eigenvalue weighted by Gasteiger charge is 2.45. The molecule has 1 saturated carbocycles. The Morgan fingerprint density at radius 3 is 3.00 bits per heavy atom. The molecule has 0 amide bonds. The lowest BCUT2D eigenvalue weighted by atomic mass is 9.88. The maximum atomic E-state index is 6.31. The summed E-state index contributed by atoms with van der Waals surface area (Å²) in [6.07, 6.45) is 3.68. The van der Waals surface area contributed by atoms with Crippen LogP contribution in [0, 0.1) is 0 Å². The molecule has 62 valence electrons. The van der Waals surface area contributed by atoms with Gasteiger partial charge in [0.05, 0.1) is 0 Å². The Labute approximate surface area is 72.6 Å². The highest BCUT2D eigenvalue weighted by atomic mass is 14.8. The molecule has 12 heavy (non-hydrogen) atoms. The largest absolute Gasteiger partial charge is 0.321 e. The van der Waals surface area contributed by atoms with Crippen molar-refractivity contribution in [2.75, 3.05) is 0 Å². The molecular formula is C11H13N. The highest BCUT2D eigenvalue weighted by molar-refractivity contribution is 5.44. The molecule has 1 aromatic carbocycles. The van der Waals surface area contributed by atoms with Gasteiger partial charge >= 0.3 is 0 Å². The summed E-state index contributed by atoms with van der Waals surface area (Å²) < 4.78 is 0. The van der Waals surface area contributed by atoms with E-state index in [4.69, 9.17) is 5.73 Å². The third kappa shape index (κ3) is 0.632. The molecule has 2 aliphatic rings. The molecule has 2 N–H and O–H groups in total. The first-order chi connectivity index (χ1) is 5.80. The zero-order valence-electron chi connectivity index (χ0n) is 7.09. The molecule has 3 rings (SSSR count). The van der Waals surface area contributed by atoms with Crippen LogP contribution in [0.5, 0.6) is 0 Å². The summed E-state index contributed by atoms with van der Waals surface area (Å²) in [6, 6.07) is 8.68. The lowest BCUT2D eigenvalue weighted by Gasteiger charge is -2.23. The van der Waals surface area contributed by atoms with E-state index in [1.807, 2.05) is 0 Å². The van der Waals surface area contributed by atoms with E-state index in [1.54, 1.807) is 0 Å². The third-order valence-corrected chi connectivity index (χ3v) is 3.49. The van der Waals surface area contributed by atoms with Crippen molar-refractivity contribution >= 4 is 0 Å². The quantitative estimate of drug-likeness (QED) is 0.616. The van der Waals surface area contributed by atoms with E-state index in [-0.39, 0.29) is 5.54 Å². The van der Waals surface area contributed by atoms with E-state index in [0.717, 1.165) is 5.92 Å². The van der Waals surface area contributed by atoms with Crippen molar-refractivity contribution < 1.29 is 0 Å². The summed E-state index contributed by atoms with van der Waals surface area (Å²) in [5.74, 6) is 0.770. The minimum absolute atomic E-state index is 0.0429. The fraction of sp³-hybridized carbons (Fsp3) is 0.455. The minimum atomic E-state index is 0.0429. The number of fused-ring (bicyclic) bond motifs is 5. The van der Waals surface area contributed by atoms with Gasteiger partial charge in [-0.3, -0.25) is 0 Å². The van der Waals surface area contributed by atoms with E-state index in [0.29, 0.717) is 0 Å². The van der Waals surface area contributed by atoms with Crippen molar-refractivity contribution in [3.05, 3.63) is 35.4 Å². The van der Waals surface area contributed by atoms with Crippen LogP contribution in [-0.2, 0) is 5.54 Å². The van der Waals surface area contributed by atoms with Crippen molar-refractivity contribution in [3.63, 3.8) is 0 Å². The van der Waals surface area contributed by atoms with E-state index in [1.165, 1.54) is 30.4 Å². The third-order valence-electron chi connectivity index (χ3n) is 3.49. The first-order valence-electron chi connectivity index (χ1n) is 4.68. The smallest absolute Gasteiger partial charge is 0.0418 e. The van der Waals surface area contributed by atoms with Gasteiger partial charge in [0.1, 0.15) is 0 Å². The topological polar surface area (TPSA) is 26.0 Å². The van der Waals surface area contributed by atoms with Gasteiger partial charge in [-0.25, -0.2) is 0 Å². The van der Waals surface area contributed by atoms with Crippen LogP contribution in [-0.4, -0.2) is 0 Å². The summed E-state index contributed by atoms with van der Waals surface area (Å²) in [5, 5.41) is 0. The number of hydrogen-bond donors (Lipinski definition) is 1. The van der Waals surface area contributed by atoms with Gasteiger partial charge < -0.3 is 5.73 Å². The molecule has 1 nitrogen and oxygen atoms in total. The molecule has 0 heterocycles. The van der Waals surface area contributed by atoms with Gasteiger partial charge in [-0.05, 0) is 36.3 Å². The van der Waals surface area contributed by atoms with Crippen molar-refractivity contribution in [2.24, 2.45) is 5.73 Å². The molecule has 0 saturated heterocycles. The van der Waals surface area contributed by atoms with Gasteiger partial charge in [-0.15, -0.1) is 0 Å². The molecule has 0 radical (unpaired) electrons. The molecule has 0 unspecified atom stereocenters. The summed E-state index contributed by atoms with van der Waals surface area (Å²) in [5.41, 5.74) is 9.29. The molecule has 1 heteroatoms. The predicted molar refractivity (Wildman–Crippen MR) is 48.9 cm³/mol. The average molecular weight is 159 g/mol. The second-order valence-electron chi connectivity index (χ2n) is 4.18. The van der Waals surface area contributed by atoms with Crippen molar-refractivity contribution in [2.45, 2.75) is 30.7 Å². The zero-order valence-corrected chi connectivity index (χ0v) is 7.09. The van der Waals surface area contributed by atoms with Crippen LogP contribution < -0.4 is 5.73 Å². The molecule has 0 aliphatic heterocycles. The van der Waals surface area contributed by atoms with Gasteiger partial charge in [-0.1, -0.05) is 24.3 Å². The van der Waals surface area contributed by atoms with E-state index >= 15 is 0 Å². The predicted octanol–water partition coefficient (Wildman–Crippen LogP) is 2.12. The Morgan fingerprint density at radius 1 is 1.33 bits per heavy atom. The second-order valence-corrected chi connectivity index (χ2v) is 4.18. The van der Waals surface area contributed by atoms with Gasteiger partial charge in [0.25, 0.3) is 0 Å². The van der Waals surface area contributed by atoms with Gasteiger partial charge in [-0.2, -0.15) is 0 Å². The SMILES string of the molecule is N[C@]12CC[C@H](C1)c1ccccc12. The Balaban J connectivity index is 2.27. The lowest BCUT2D eigenvalue weighted by Crippen LogP contribution is -2.31. The van der Waals surface area contributed by atoms with Crippen LogP contribution in [0.15, 0.2) is 24.3 Å². The fourth-order valence-corrected chi connectivity index (χ4v) is 2.89. The first-order valence-corrected chi connectivity index (χ1v) is 4.68. The molecule has 2 atom stereocenters. The van der Waals surface area contributed by atoms with Gasteiger partial charge in [0.2, 0.25) is 0 Å². The van der Waals surface area contributed by atoms with Crippen molar-refractivity contribution in [1.82, 2.24) is 0 Å². The van der Waals surface area contributed by atoms with Crippen molar-refractivity contribution in [1.29, 1.82) is 0 Å². The summed E-state index contributed by atoms with van der Waals surface area (Å²) in [6.45, 7) is 0. The monoisotopic (exact) mass is 159 g/mol. The van der Waals surface area contributed by atoms with Gasteiger partial charge in [0.15, 0.2) is 0 Å². The molecule has 0 aromatic heterocycles. The van der Waals surface area contributed by atoms with Crippen LogP contribution in [0.1, 0.15) is 36.3 Å². The van der Waals surface area contributed by atoms with E-state index in [2.05, 4.69) is 24.3 Å².